The third-order valence-corrected chi connectivity index (χ3v) is 4.43. The van der Waals surface area contributed by atoms with Crippen molar-refractivity contribution in [2.45, 2.75) is 29.7 Å². The Bertz CT molecular complexity index is 735. The molecule has 112 valence electrons. The van der Waals surface area contributed by atoms with Crippen LogP contribution < -0.4 is 0 Å². The second-order valence-corrected chi connectivity index (χ2v) is 5.80. The van der Waals surface area contributed by atoms with Crippen LogP contribution >= 0.6 is 11.8 Å². The lowest BCUT2D eigenvalue weighted by atomic mass is 10.1. The number of hydrogen-bond acceptors (Lipinski definition) is 5. The Morgan fingerprint density at radius 2 is 1.86 bits per heavy atom. The summed E-state index contributed by atoms with van der Waals surface area (Å²) in [4.78, 5) is 5.39. The average Bonchev–Trinajstić information content (AvgIpc) is 2.83. The molecular weight excluding hydrogens is 296 g/mol. The lowest BCUT2D eigenvalue weighted by Crippen LogP contribution is -2.01. The van der Waals surface area contributed by atoms with Crippen LogP contribution in [0.5, 0.6) is 0 Å². The topological polar surface area (TPSA) is 85.6 Å². The summed E-state index contributed by atoms with van der Waals surface area (Å²) < 4.78 is 1.96. The number of hydrogen-bond donors (Lipinski definition) is 1. The quantitative estimate of drug-likeness (QED) is 0.916. The van der Waals surface area contributed by atoms with E-state index in [1.807, 2.05) is 18.5 Å². The zero-order valence-electron chi connectivity index (χ0n) is 12.5. The van der Waals surface area contributed by atoms with Gasteiger partial charge in [-0.15, -0.1) is 0 Å². The molecule has 6 heteroatoms. The molecule has 2 rings (SSSR count). The molecule has 0 aliphatic carbocycles. The second kappa shape index (κ2) is 7.13. The number of aromatic nitrogens is 2. The van der Waals surface area contributed by atoms with Crippen molar-refractivity contribution in [3.63, 3.8) is 0 Å². The van der Waals surface area contributed by atoms with Crippen LogP contribution in [0.1, 0.15) is 29.6 Å². The van der Waals surface area contributed by atoms with E-state index in [0.717, 1.165) is 27.9 Å². The van der Waals surface area contributed by atoms with E-state index in [1.54, 1.807) is 18.2 Å². The summed E-state index contributed by atoms with van der Waals surface area (Å²) in [5.41, 5.74) is 1.89. The minimum atomic E-state index is 0.0562. The van der Waals surface area contributed by atoms with E-state index in [2.05, 4.69) is 17.1 Å². The van der Waals surface area contributed by atoms with E-state index in [1.165, 1.54) is 11.8 Å². The summed E-state index contributed by atoms with van der Waals surface area (Å²) in [6.07, 6.45) is 1.29. The second-order valence-electron chi connectivity index (χ2n) is 4.74. The lowest BCUT2D eigenvalue weighted by Gasteiger charge is -2.07. The van der Waals surface area contributed by atoms with Crippen LogP contribution in [0.2, 0.25) is 0 Å². The third kappa shape index (κ3) is 3.30. The van der Waals surface area contributed by atoms with Gasteiger partial charge in [-0.1, -0.05) is 18.7 Å². The summed E-state index contributed by atoms with van der Waals surface area (Å²) in [7, 11) is 1.92. The molecule has 22 heavy (non-hydrogen) atoms. The molecule has 1 aromatic heterocycles. The molecule has 0 radical (unpaired) electrons. The maximum Gasteiger partial charge on any atom is 0.111 e. The van der Waals surface area contributed by atoms with Crippen molar-refractivity contribution in [3.05, 3.63) is 40.8 Å². The fraction of sp³-hybridized carbons (Fsp3) is 0.312. The van der Waals surface area contributed by atoms with E-state index in [9.17, 15) is 0 Å². The van der Waals surface area contributed by atoms with Crippen LogP contribution in [-0.4, -0.2) is 21.3 Å². The highest BCUT2D eigenvalue weighted by atomic mass is 32.2. The van der Waals surface area contributed by atoms with Gasteiger partial charge >= 0.3 is 0 Å². The summed E-state index contributed by atoms with van der Waals surface area (Å²) >= 11 is 1.49. The Morgan fingerprint density at radius 1 is 1.23 bits per heavy atom. The smallest absolute Gasteiger partial charge is 0.111 e. The van der Waals surface area contributed by atoms with E-state index in [-0.39, 0.29) is 6.61 Å². The normalized spacial score (nSPS) is 10.2. The Hall–Kier alpha value is -2.28. The molecule has 0 amide bonds. The maximum atomic E-state index is 9.11. The molecule has 0 unspecified atom stereocenters. The van der Waals surface area contributed by atoms with Crippen LogP contribution in [0.4, 0.5) is 0 Å². The first-order valence-electron chi connectivity index (χ1n) is 6.91. The summed E-state index contributed by atoms with van der Waals surface area (Å²) in [6.45, 7) is 2.09. The molecule has 0 fully saturated rings. The van der Waals surface area contributed by atoms with Gasteiger partial charge < -0.3 is 9.67 Å². The van der Waals surface area contributed by atoms with Crippen molar-refractivity contribution < 1.29 is 5.11 Å². The zero-order valence-corrected chi connectivity index (χ0v) is 13.3. The fourth-order valence-corrected chi connectivity index (χ4v) is 3.31. The van der Waals surface area contributed by atoms with E-state index >= 15 is 0 Å². The van der Waals surface area contributed by atoms with Crippen molar-refractivity contribution in [2.75, 3.05) is 6.61 Å². The Kier molecular flexibility index (Phi) is 5.21. The molecular formula is C16H16N4OS. The van der Waals surface area contributed by atoms with E-state index in [4.69, 9.17) is 15.6 Å². The Balaban J connectivity index is 2.43. The molecule has 1 heterocycles. The third-order valence-electron chi connectivity index (χ3n) is 3.25. The molecule has 0 spiro atoms. The first-order chi connectivity index (χ1) is 10.6. The van der Waals surface area contributed by atoms with Crippen LogP contribution in [-0.2, 0) is 19.9 Å². The van der Waals surface area contributed by atoms with Gasteiger partial charge in [0.05, 0.1) is 35.6 Å². The predicted molar refractivity (Wildman–Crippen MR) is 83.4 cm³/mol. The predicted octanol–water partition coefficient (Wildman–Crippen LogP) is 2.41. The largest absolute Gasteiger partial charge is 0.396 e. The van der Waals surface area contributed by atoms with Gasteiger partial charge in [-0.05, 0) is 24.6 Å². The molecule has 0 bridgehead atoms. The van der Waals surface area contributed by atoms with Crippen LogP contribution in [0, 0.1) is 22.7 Å². The highest BCUT2D eigenvalue weighted by Gasteiger charge is 2.15. The first-order valence-corrected chi connectivity index (χ1v) is 7.73. The van der Waals surface area contributed by atoms with Crippen LogP contribution in [0.25, 0.3) is 0 Å². The first kappa shape index (κ1) is 16.1. The minimum Gasteiger partial charge on any atom is -0.396 e. The molecule has 0 saturated carbocycles. The van der Waals surface area contributed by atoms with Gasteiger partial charge in [0.15, 0.2) is 0 Å². The van der Waals surface area contributed by atoms with Gasteiger partial charge in [0.25, 0.3) is 0 Å². The number of imidazole rings is 1. The van der Waals surface area contributed by atoms with Crippen molar-refractivity contribution >= 4 is 11.8 Å². The monoisotopic (exact) mass is 312 g/mol. The summed E-state index contributed by atoms with van der Waals surface area (Å²) in [5.74, 6) is 0.832. The van der Waals surface area contributed by atoms with Crippen molar-refractivity contribution in [1.82, 2.24) is 9.55 Å². The number of aryl methyl sites for hydroxylation is 1. The molecule has 0 atom stereocenters. The van der Waals surface area contributed by atoms with Gasteiger partial charge in [0.1, 0.15) is 10.9 Å². The number of nitrogens with zero attached hydrogens (tertiary/aromatic N) is 4. The number of benzene rings is 1. The zero-order chi connectivity index (χ0) is 16.1. The van der Waals surface area contributed by atoms with E-state index < -0.39 is 0 Å². The van der Waals surface area contributed by atoms with Crippen molar-refractivity contribution in [1.29, 1.82) is 10.5 Å². The molecule has 1 aromatic carbocycles. The van der Waals surface area contributed by atoms with Gasteiger partial charge in [0, 0.05) is 18.4 Å². The van der Waals surface area contributed by atoms with E-state index in [0.29, 0.717) is 17.5 Å². The van der Waals surface area contributed by atoms with Crippen LogP contribution in [0.3, 0.4) is 0 Å². The summed E-state index contributed by atoms with van der Waals surface area (Å²) in [6, 6.07) is 9.26. The molecule has 2 aromatic rings. The number of rotatable bonds is 5. The molecule has 0 saturated heterocycles. The van der Waals surface area contributed by atoms with Crippen LogP contribution in [0.15, 0.2) is 28.1 Å². The lowest BCUT2D eigenvalue weighted by molar-refractivity contribution is 0.295. The number of nitriles is 2. The van der Waals surface area contributed by atoms with Gasteiger partial charge in [0.2, 0.25) is 0 Å². The standard InChI is InChI=1S/C16H16N4OS/c1-3-14-16(20(2)15(19-14)4-5-21)22-13-7-11(9-17)6-12(8-13)10-18/h6-8,21H,3-5H2,1-2H3. The summed E-state index contributed by atoms with van der Waals surface area (Å²) in [5, 5.41) is 28.2. The minimum absolute atomic E-state index is 0.0562. The number of aliphatic hydroxyl groups excluding tert-OH is 1. The number of aliphatic hydroxyl groups is 1. The Morgan fingerprint density at radius 3 is 2.36 bits per heavy atom. The van der Waals surface area contributed by atoms with Crippen molar-refractivity contribution in [3.8, 4) is 12.1 Å². The van der Waals surface area contributed by atoms with Gasteiger partial charge in [-0.25, -0.2) is 4.98 Å². The van der Waals surface area contributed by atoms with Gasteiger partial charge in [-0.3, -0.25) is 0 Å². The fourth-order valence-electron chi connectivity index (χ4n) is 2.17. The SMILES string of the molecule is CCc1nc(CCO)n(C)c1Sc1cc(C#N)cc(C#N)c1. The molecule has 5 nitrogen and oxygen atoms in total. The Labute approximate surface area is 133 Å². The highest BCUT2D eigenvalue weighted by Crippen LogP contribution is 2.32. The highest BCUT2D eigenvalue weighted by molar-refractivity contribution is 7.99. The average molecular weight is 312 g/mol. The molecule has 1 N–H and O–H groups in total. The van der Waals surface area contributed by atoms with Gasteiger partial charge in [-0.2, -0.15) is 10.5 Å². The van der Waals surface area contributed by atoms with Crippen molar-refractivity contribution in [2.24, 2.45) is 7.05 Å². The maximum absolute atomic E-state index is 9.11. The molecule has 0 aliphatic rings. The molecule has 0 aliphatic heterocycles.